The first kappa shape index (κ1) is 14.5. The summed E-state index contributed by atoms with van der Waals surface area (Å²) >= 11 is 3.00. The van der Waals surface area contributed by atoms with Crippen molar-refractivity contribution in [1.82, 2.24) is 0 Å². The van der Waals surface area contributed by atoms with Gasteiger partial charge in [-0.2, -0.15) is 0 Å². The molecule has 0 saturated carbocycles. The van der Waals surface area contributed by atoms with Crippen molar-refractivity contribution in [2.75, 3.05) is 14.2 Å². The molecule has 0 bridgehead atoms. The number of hydrogen-bond acceptors (Lipinski definition) is 3. The lowest BCUT2D eigenvalue weighted by molar-refractivity contribution is -0.116. The lowest BCUT2D eigenvalue weighted by Crippen LogP contribution is -2.39. The smallest absolute Gasteiger partial charge is 0.172 e. The third kappa shape index (κ3) is 3.45. The summed E-state index contributed by atoms with van der Waals surface area (Å²) in [7, 11) is 2.84. The van der Waals surface area contributed by atoms with E-state index in [1.54, 1.807) is 0 Å². The first-order valence-electron chi connectivity index (χ1n) is 4.94. The molecule has 1 aromatic carbocycles. The normalized spacial score (nSPS) is 13.1. The van der Waals surface area contributed by atoms with E-state index in [0.717, 1.165) is 0 Å². The Hall–Kier alpha value is -0.560. The fourth-order valence-electron chi connectivity index (χ4n) is 1.53. The van der Waals surface area contributed by atoms with Crippen LogP contribution in [0.3, 0.4) is 0 Å². The highest BCUT2D eigenvalue weighted by molar-refractivity contribution is 9.10. The van der Waals surface area contributed by atoms with Crippen LogP contribution in [0.2, 0.25) is 0 Å². The lowest BCUT2D eigenvalue weighted by Gasteiger charge is -2.21. The van der Waals surface area contributed by atoms with Gasteiger partial charge in [0.2, 0.25) is 0 Å². The minimum absolute atomic E-state index is 0.0105. The van der Waals surface area contributed by atoms with Gasteiger partial charge in [-0.05, 0) is 34.5 Å². The molecule has 3 nitrogen and oxygen atoms in total. The van der Waals surface area contributed by atoms with Crippen molar-refractivity contribution in [2.24, 2.45) is 5.73 Å². The van der Waals surface area contributed by atoms with Crippen LogP contribution >= 0.6 is 15.9 Å². The largest absolute Gasteiger partial charge is 0.354 e. The number of ether oxygens (including phenoxy) is 2. The minimum Gasteiger partial charge on any atom is -0.354 e. The number of benzene rings is 1. The number of halogens is 3. The third-order valence-corrected chi connectivity index (χ3v) is 3.01. The van der Waals surface area contributed by atoms with Gasteiger partial charge in [-0.25, -0.2) is 8.78 Å². The Morgan fingerprint density at radius 1 is 1.29 bits per heavy atom. The van der Waals surface area contributed by atoms with Crippen LogP contribution in [0.15, 0.2) is 16.6 Å². The zero-order chi connectivity index (χ0) is 13.0. The van der Waals surface area contributed by atoms with Crippen molar-refractivity contribution in [3.8, 4) is 0 Å². The lowest BCUT2D eigenvalue weighted by atomic mass is 10.0. The Labute approximate surface area is 107 Å². The summed E-state index contributed by atoms with van der Waals surface area (Å²) in [5, 5.41) is 0. The first-order chi connectivity index (χ1) is 8.01. The van der Waals surface area contributed by atoms with Gasteiger partial charge in [-0.1, -0.05) is 0 Å². The molecule has 0 fully saturated rings. The summed E-state index contributed by atoms with van der Waals surface area (Å²) in [5.41, 5.74) is 5.68. The summed E-state index contributed by atoms with van der Waals surface area (Å²) in [6.45, 7) is 0. The second kappa shape index (κ2) is 6.39. The standard InChI is InChI=1S/C11H14BrF2NO2/c1-16-11(17-2)9(15)5-6-8(13)4-3-7(12)10(6)14/h3-4,9,11H,5,15H2,1-2H3. The molecule has 0 aliphatic rings. The van der Waals surface area contributed by atoms with E-state index in [-0.39, 0.29) is 16.5 Å². The summed E-state index contributed by atoms with van der Waals surface area (Å²) in [6.07, 6.45) is -0.712. The Balaban J connectivity index is 2.91. The monoisotopic (exact) mass is 309 g/mol. The Bertz CT molecular complexity index is 386. The molecule has 0 aliphatic heterocycles. The van der Waals surface area contributed by atoms with Crippen LogP contribution in [0.1, 0.15) is 5.56 Å². The van der Waals surface area contributed by atoms with Crippen LogP contribution in [-0.2, 0) is 15.9 Å². The van der Waals surface area contributed by atoms with E-state index >= 15 is 0 Å². The van der Waals surface area contributed by atoms with Gasteiger partial charge in [-0.3, -0.25) is 0 Å². The van der Waals surface area contributed by atoms with Crippen molar-refractivity contribution in [3.05, 3.63) is 33.8 Å². The number of nitrogens with two attached hydrogens (primary N) is 1. The summed E-state index contributed by atoms with van der Waals surface area (Å²) in [4.78, 5) is 0. The van der Waals surface area contributed by atoms with Crippen LogP contribution in [0.25, 0.3) is 0 Å². The molecule has 0 spiro atoms. The molecule has 17 heavy (non-hydrogen) atoms. The van der Waals surface area contributed by atoms with Gasteiger partial charge in [0.05, 0.1) is 10.5 Å². The molecular formula is C11H14BrF2NO2. The average molecular weight is 310 g/mol. The van der Waals surface area contributed by atoms with Crippen molar-refractivity contribution >= 4 is 15.9 Å². The maximum absolute atomic E-state index is 13.7. The number of methoxy groups -OCH3 is 2. The Kier molecular flexibility index (Phi) is 5.45. The minimum atomic E-state index is -0.701. The predicted octanol–water partition coefficient (Wildman–Crippen LogP) is 2.22. The van der Waals surface area contributed by atoms with E-state index < -0.39 is 24.0 Å². The van der Waals surface area contributed by atoms with Crippen LogP contribution in [0.4, 0.5) is 8.78 Å². The Morgan fingerprint density at radius 3 is 2.41 bits per heavy atom. The Morgan fingerprint density at radius 2 is 1.88 bits per heavy atom. The molecule has 0 aliphatic carbocycles. The molecule has 1 unspecified atom stereocenters. The van der Waals surface area contributed by atoms with Gasteiger partial charge in [0, 0.05) is 19.8 Å². The van der Waals surface area contributed by atoms with Crippen LogP contribution in [-0.4, -0.2) is 26.6 Å². The molecule has 1 aromatic rings. The average Bonchev–Trinajstić information content (AvgIpc) is 2.31. The van der Waals surface area contributed by atoms with Crippen LogP contribution in [0.5, 0.6) is 0 Å². The third-order valence-electron chi connectivity index (χ3n) is 2.39. The van der Waals surface area contributed by atoms with Crippen molar-refractivity contribution in [2.45, 2.75) is 18.8 Å². The van der Waals surface area contributed by atoms with Crippen molar-refractivity contribution in [3.63, 3.8) is 0 Å². The molecular weight excluding hydrogens is 296 g/mol. The molecule has 0 heterocycles. The molecule has 0 amide bonds. The topological polar surface area (TPSA) is 44.5 Å². The maximum atomic E-state index is 13.7. The van der Waals surface area contributed by atoms with E-state index in [0.29, 0.717) is 0 Å². The number of rotatable bonds is 5. The second-order valence-corrected chi connectivity index (χ2v) is 4.38. The quantitative estimate of drug-likeness (QED) is 0.670. The van der Waals surface area contributed by atoms with Gasteiger partial charge in [0.1, 0.15) is 11.6 Å². The van der Waals surface area contributed by atoms with Crippen LogP contribution in [0, 0.1) is 11.6 Å². The molecule has 1 atom stereocenters. The van der Waals surface area contributed by atoms with Crippen LogP contribution < -0.4 is 5.73 Å². The fourth-order valence-corrected chi connectivity index (χ4v) is 1.91. The zero-order valence-corrected chi connectivity index (χ0v) is 11.1. The molecule has 6 heteroatoms. The highest BCUT2D eigenvalue weighted by Crippen LogP contribution is 2.23. The SMILES string of the molecule is COC(OC)C(N)Cc1c(F)ccc(Br)c1F. The fraction of sp³-hybridized carbons (Fsp3) is 0.455. The van der Waals surface area contributed by atoms with E-state index in [4.69, 9.17) is 15.2 Å². The molecule has 0 aromatic heterocycles. The molecule has 1 rings (SSSR count). The highest BCUT2D eigenvalue weighted by atomic mass is 79.9. The first-order valence-corrected chi connectivity index (χ1v) is 5.74. The molecule has 2 N–H and O–H groups in total. The van der Waals surface area contributed by atoms with E-state index in [1.807, 2.05) is 0 Å². The highest BCUT2D eigenvalue weighted by Gasteiger charge is 2.21. The van der Waals surface area contributed by atoms with Gasteiger partial charge in [0.25, 0.3) is 0 Å². The molecule has 0 radical (unpaired) electrons. The number of hydrogen-bond donors (Lipinski definition) is 1. The predicted molar refractivity (Wildman–Crippen MR) is 63.5 cm³/mol. The maximum Gasteiger partial charge on any atom is 0.172 e. The van der Waals surface area contributed by atoms with E-state index in [1.165, 1.54) is 26.4 Å². The van der Waals surface area contributed by atoms with Gasteiger partial charge in [0.15, 0.2) is 6.29 Å². The summed E-state index contributed by atoms with van der Waals surface area (Å²) < 4.78 is 37.2. The second-order valence-electron chi connectivity index (χ2n) is 3.53. The molecule has 0 saturated heterocycles. The van der Waals surface area contributed by atoms with E-state index in [9.17, 15) is 8.78 Å². The summed E-state index contributed by atoms with van der Waals surface area (Å²) in [5.74, 6) is -1.28. The van der Waals surface area contributed by atoms with Crippen molar-refractivity contribution < 1.29 is 18.3 Å². The summed E-state index contributed by atoms with van der Waals surface area (Å²) in [6, 6.07) is 1.84. The van der Waals surface area contributed by atoms with Gasteiger partial charge >= 0.3 is 0 Å². The van der Waals surface area contributed by atoms with Gasteiger partial charge in [-0.15, -0.1) is 0 Å². The molecule has 96 valence electrons. The van der Waals surface area contributed by atoms with Gasteiger partial charge < -0.3 is 15.2 Å². The van der Waals surface area contributed by atoms with Crippen molar-refractivity contribution in [1.29, 1.82) is 0 Å². The zero-order valence-electron chi connectivity index (χ0n) is 9.54. The van der Waals surface area contributed by atoms with E-state index in [2.05, 4.69) is 15.9 Å².